The lowest BCUT2D eigenvalue weighted by Gasteiger charge is -2.10. The minimum atomic E-state index is 0.106. The zero-order valence-electron chi connectivity index (χ0n) is 10.6. The van der Waals surface area contributed by atoms with Gasteiger partial charge in [-0.1, -0.05) is 5.16 Å². The number of aryl methyl sites for hydroxylation is 3. The Morgan fingerprint density at radius 3 is 2.71 bits per heavy atom. The monoisotopic (exact) mass is 233 g/mol. The van der Waals surface area contributed by atoms with E-state index in [1.54, 1.807) is 0 Å². The van der Waals surface area contributed by atoms with Gasteiger partial charge in [0.15, 0.2) is 0 Å². The molecule has 0 saturated carbocycles. The summed E-state index contributed by atoms with van der Waals surface area (Å²) in [6.45, 7) is 3.89. The molecule has 0 saturated heterocycles. The van der Waals surface area contributed by atoms with E-state index in [1.165, 1.54) is 5.56 Å². The maximum Gasteiger partial charge on any atom is 0.137 e. The first-order chi connectivity index (χ1) is 8.06. The summed E-state index contributed by atoms with van der Waals surface area (Å²) in [6, 6.07) is 2.21. The zero-order chi connectivity index (χ0) is 12.4. The second kappa shape index (κ2) is 4.75. The predicted molar refractivity (Wildman–Crippen MR) is 66.8 cm³/mol. The number of nitrogens with zero attached hydrogens (tertiary/aromatic N) is 2. The van der Waals surface area contributed by atoms with Gasteiger partial charge in [0.05, 0.1) is 5.69 Å². The maximum atomic E-state index is 6.17. The summed E-state index contributed by atoms with van der Waals surface area (Å²) in [7, 11) is 2.02. The van der Waals surface area contributed by atoms with Crippen LogP contribution in [-0.2, 0) is 19.9 Å². The lowest BCUT2D eigenvalue weighted by molar-refractivity contribution is 0.392. The molecule has 2 heterocycles. The second-order valence-corrected chi connectivity index (χ2v) is 4.66. The fourth-order valence-electron chi connectivity index (χ4n) is 2.11. The molecule has 1 atom stereocenters. The number of hydrogen-bond acceptors (Lipinski definition) is 3. The van der Waals surface area contributed by atoms with Crippen molar-refractivity contribution >= 4 is 0 Å². The van der Waals surface area contributed by atoms with Gasteiger partial charge in [0.25, 0.3) is 0 Å². The van der Waals surface area contributed by atoms with Crippen LogP contribution in [0.5, 0.6) is 0 Å². The Bertz CT molecular complexity index is 479. The standard InChI is InChI=1S/C13H19N3O/c1-9-13(10(2)17-15-9)7-12(14)6-11-4-5-16(3)8-11/h4-5,8,12H,6-7,14H2,1-3H3. The summed E-state index contributed by atoms with van der Waals surface area (Å²) in [5.74, 6) is 0.881. The van der Waals surface area contributed by atoms with Crippen LogP contribution >= 0.6 is 0 Å². The Morgan fingerprint density at radius 2 is 2.18 bits per heavy atom. The van der Waals surface area contributed by atoms with E-state index in [1.807, 2.05) is 31.7 Å². The van der Waals surface area contributed by atoms with E-state index in [9.17, 15) is 0 Å². The highest BCUT2D eigenvalue weighted by molar-refractivity contribution is 5.23. The van der Waals surface area contributed by atoms with E-state index >= 15 is 0 Å². The van der Waals surface area contributed by atoms with Gasteiger partial charge in [-0.3, -0.25) is 0 Å². The average molecular weight is 233 g/mol. The van der Waals surface area contributed by atoms with Crippen LogP contribution in [0.1, 0.15) is 22.6 Å². The smallest absolute Gasteiger partial charge is 0.137 e. The van der Waals surface area contributed by atoms with Crippen LogP contribution < -0.4 is 5.73 Å². The second-order valence-electron chi connectivity index (χ2n) is 4.66. The van der Waals surface area contributed by atoms with Crippen LogP contribution in [0.2, 0.25) is 0 Å². The molecule has 0 fully saturated rings. The highest BCUT2D eigenvalue weighted by atomic mass is 16.5. The third kappa shape index (κ3) is 2.77. The third-order valence-corrected chi connectivity index (χ3v) is 3.04. The molecule has 2 N–H and O–H groups in total. The Morgan fingerprint density at radius 1 is 1.41 bits per heavy atom. The molecule has 92 valence electrons. The van der Waals surface area contributed by atoms with Crippen molar-refractivity contribution in [1.29, 1.82) is 0 Å². The van der Waals surface area contributed by atoms with Crippen molar-refractivity contribution in [1.82, 2.24) is 9.72 Å². The van der Waals surface area contributed by atoms with Crippen LogP contribution in [0.3, 0.4) is 0 Å². The average Bonchev–Trinajstić information content (AvgIpc) is 2.79. The van der Waals surface area contributed by atoms with Crippen molar-refractivity contribution < 1.29 is 4.52 Å². The minimum absolute atomic E-state index is 0.106. The summed E-state index contributed by atoms with van der Waals surface area (Å²) in [6.07, 6.45) is 5.84. The van der Waals surface area contributed by atoms with E-state index in [0.29, 0.717) is 0 Å². The molecule has 0 aromatic carbocycles. The van der Waals surface area contributed by atoms with Crippen molar-refractivity contribution in [2.24, 2.45) is 12.8 Å². The van der Waals surface area contributed by atoms with Gasteiger partial charge in [0.2, 0.25) is 0 Å². The largest absolute Gasteiger partial charge is 0.361 e. The first kappa shape index (κ1) is 11.9. The molecule has 4 heteroatoms. The number of aromatic nitrogens is 2. The molecule has 2 aromatic rings. The van der Waals surface area contributed by atoms with E-state index in [-0.39, 0.29) is 6.04 Å². The SMILES string of the molecule is Cc1noc(C)c1CC(N)Cc1ccn(C)c1. The molecule has 17 heavy (non-hydrogen) atoms. The van der Waals surface area contributed by atoms with Gasteiger partial charge in [-0.25, -0.2) is 0 Å². The Labute approximate surface area is 101 Å². The fraction of sp³-hybridized carbons (Fsp3) is 0.462. The number of nitrogens with two attached hydrogens (primary N) is 1. The topological polar surface area (TPSA) is 57.0 Å². The minimum Gasteiger partial charge on any atom is -0.361 e. The Kier molecular flexibility index (Phi) is 3.33. The van der Waals surface area contributed by atoms with E-state index < -0.39 is 0 Å². The molecule has 0 spiro atoms. The van der Waals surface area contributed by atoms with Crippen LogP contribution in [0.25, 0.3) is 0 Å². The van der Waals surface area contributed by atoms with Gasteiger partial charge in [-0.05, 0) is 38.3 Å². The predicted octanol–water partition coefficient (Wildman–Crippen LogP) is 1.74. The van der Waals surface area contributed by atoms with E-state index in [0.717, 1.165) is 29.9 Å². The highest BCUT2D eigenvalue weighted by Gasteiger charge is 2.13. The van der Waals surface area contributed by atoms with Gasteiger partial charge in [-0.15, -0.1) is 0 Å². The Balaban J connectivity index is 2.00. The summed E-state index contributed by atoms with van der Waals surface area (Å²) in [4.78, 5) is 0. The lowest BCUT2D eigenvalue weighted by atomic mass is 10.0. The molecule has 4 nitrogen and oxygen atoms in total. The summed E-state index contributed by atoms with van der Waals surface area (Å²) in [5, 5.41) is 3.95. The van der Waals surface area contributed by atoms with E-state index in [4.69, 9.17) is 10.3 Å². The van der Waals surface area contributed by atoms with Crippen molar-refractivity contribution in [3.05, 3.63) is 41.0 Å². The number of rotatable bonds is 4. The lowest BCUT2D eigenvalue weighted by Crippen LogP contribution is -2.25. The number of hydrogen-bond donors (Lipinski definition) is 1. The van der Waals surface area contributed by atoms with Gasteiger partial charge < -0.3 is 14.8 Å². The van der Waals surface area contributed by atoms with Gasteiger partial charge >= 0.3 is 0 Å². The molecule has 0 amide bonds. The van der Waals surface area contributed by atoms with Crippen molar-refractivity contribution in [3.63, 3.8) is 0 Å². The summed E-state index contributed by atoms with van der Waals surface area (Å²) >= 11 is 0. The first-order valence-electron chi connectivity index (χ1n) is 5.84. The van der Waals surface area contributed by atoms with Crippen LogP contribution in [0, 0.1) is 13.8 Å². The van der Waals surface area contributed by atoms with Gasteiger partial charge in [0, 0.05) is 31.0 Å². The third-order valence-electron chi connectivity index (χ3n) is 3.04. The molecule has 0 aliphatic heterocycles. The fourth-order valence-corrected chi connectivity index (χ4v) is 2.11. The highest BCUT2D eigenvalue weighted by Crippen LogP contribution is 2.15. The first-order valence-corrected chi connectivity index (χ1v) is 5.84. The van der Waals surface area contributed by atoms with Crippen LogP contribution in [0.15, 0.2) is 23.0 Å². The van der Waals surface area contributed by atoms with E-state index in [2.05, 4.69) is 17.4 Å². The molecule has 2 aromatic heterocycles. The zero-order valence-corrected chi connectivity index (χ0v) is 10.6. The molecule has 0 aliphatic carbocycles. The maximum absolute atomic E-state index is 6.17. The summed E-state index contributed by atoms with van der Waals surface area (Å²) < 4.78 is 7.18. The Hall–Kier alpha value is -1.55. The molecular weight excluding hydrogens is 214 g/mol. The molecule has 1 unspecified atom stereocenters. The summed E-state index contributed by atoms with van der Waals surface area (Å²) in [5.41, 5.74) is 9.53. The van der Waals surface area contributed by atoms with Gasteiger partial charge in [0.1, 0.15) is 5.76 Å². The quantitative estimate of drug-likeness (QED) is 0.875. The van der Waals surface area contributed by atoms with Crippen molar-refractivity contribution in [3.8, 4) is 0 Å². The molecule has 0 radical (unpaired) electrons. The van der Waals surface area contributed by atoms with Crippen molar-refractivity contribution in [2.75, 3.05) is 0 Å². The molecule has 0 bridgehead atoms. The normalized spacial score (nSPS) is 12.9. The van der Waals surface area contributed by atoms with Crippen LogP contribution in [0.4, 0.5) is 0 Å². The van der Waals surface area contributed by atoms with Crippen molar-refractivity contribution in [2.45, 2.75) is 32.7 Å². The van der Waals surface area contributed by atoms with Crippen LogP contribution in [-0.4, -0.2) is 15.8 Å². The molecule has 0 aliphatic rings. The van der Waals surface area contributed by atoms with Gasteiger partial charge in [-0.2, -0.15) is 0 Å². The molecule has 2 rings (SSSR count). The molecular formula is C13H19N3O.